The molecule has 0 aliphatic heterocycles. The molecule has 0 aliphatic rings. The number of aromatic hydroxyl groups is 1. The molecule has 10 heteroatoms. The number of phenolic OH excluding ortho intramolecular Hbond substituents is 1. The highest BCUT2D eigenvalue weighted by Crippen LogP contribution is 2.23. The van der Waals surface area contributed by atoms with E-state index in [9.17, 15) is 24.3 Å². The molecule has 4 amide bonds. The first-order valence-corrected chi connectivity index (χ1v) is 14.3. The van der Waals surface area contributed by atoms with Crippen molar-refractivity contribution in [1.82, 2.24) is 15.5 Å². The summed E-state index contributed by atoms with van der Waals surface area (Å²) < 4.78 is 0. The van der Waals surface area contributed by atoms with Crippen molar-refractivity contribution in [2.75, 3.05) is 7.05 Å². The number of nitrogens with two attached hydrogens (primary N) is 2. The Balaban J connectivity index is 1.79. The third-order valence-corrected chi connectivity index (χ3v) is 7.73. The standard InChI is InChI=1S/C34H41N5O5/c1-20-16-26(40)17-21(2)27(20)19-28(35)34(44)39(5)23(4)32(42)37-29(18-24-12-8-6-9-13-24)33(43)38-30(22(3)31(36)41)25-14-10-7-11-15-25/h6-17,23,28-30,40H,3,18-19,35H2,1-2,4-5H3,(H2,36,41)(H,37,42)(H,38,43)/t23-,28+,29+,30-/m1/s1. The number of phenols is 1. The van der Waals surface area contributed by atoms with E-state index in [2.05, 4.69) is 17.2 Å². The summed E-state index contributed by atoms with van der Waals surface area (Å²) in [6, 6.07) is 17.3. The zero-order chi connectivity index (χ0) is 32.6. The molecule has 0 bridgehead atoms. The number of nitrogens with zero attached hydrogens (tertiary/aromatic N) is 1. The maximum atomic E-state index is 13.7. The number of primary amides is 1. The summed E-state index contributed by atoms with van der Waals surface area (Å²) in [5.74, 6) is -2.22. The van der Waals surface area contributed by atoms with Gasteiger partial charge < -0.3 is 32.1 Å². The Morgan fingerprint density at radius 1 is 0.886 bits per heavy atom. The number of hydrogen-bond donors (Lipinski definition) is 5. The van der Waals surface area contributed by atoms with E-state index in [1.54, 1.807) is 49.4 Å². The van der Waals surface area contributed by atoms with Gasteiger partial charge >= 0.3 is 0 Å². The van der Waals surface area contributed by atoms with Gasteiger partial charge in [-0.1, -0.05) is 67.2 Å². The minimum atomic E-state index is -1.06. The van der Waals surface area contributed by atoms with Crippen molar-refractivity contribution in [3.8, 4) is 5.75 Å². The minimum Gasteiger partial charge on any atom is -0.508 e. The Hall–Kier alpha value is -4.96. The summed E-state index contributed by atoms with van der Waals surface area (Å²) in [7, 11) is 1.48. The smallest absolute Gasteiger partial charge is 0.246 e. The average molecular weight is 600 g/mol. The maximum Gasteiger partial charge on any atom is 0.246 e. The second-order valence-corrected chi connectivity index (χ2v) is 11.0. The average Bonchev–Trinajstić information content (AvgIpc) is 3.00. The van der Waals surface area contributed by atoms with Gasteiger partial charge in [-0.05, 0) is 67.1 Å². The number of nitrogens with one attached hydrogen (secondary N) is 2. The fraction of sp³-hybridized carbons (Fsp3) is 0.294. The minimum absolute atomic E-state index is 0.0128. The predicted molar refractivity (Wildman–Crippen MR) is 169 cm³/mol. The molecule has 0 radical (unpaired) electrons. The number of aryl methyl sites for hydroxylation is 2. The molecule has 0 spiro atoms. The third kappa shape index (κ3) is 8.54. The molecule has 10 nitrogen and oxygen atoms in total. The molecule has 7 N–H and O–H groups in total. The highest BCUT2D eigenvalue weighted by atomic mass is 16.3. The van der Waals surface area contributed by atoms with Gasteiger partial charge in [0.1, 0.15) is 17.8 Å². The fourth-order valence-electron chi connectivity index (χ4n) is 4.98. The zero-order valence-electron chi connectivity index (χ0n) is 25.5. The van der Waals surface area contributed by atoms with Crippen molar-refractivity contribution in [2.45, 2.75) is 57.8 Å². The van der Waals surface area contributed by atoms with Crippen LogP contribution in [0.1, 0.15) is 40.8 Å². The Bertz CT molecular complexity index is 1490. The first-order valence-electron chi connectivity index (χ1n) is 14.3. The van der Waals surface area contributed by atoms with Crippen molar-refractivity contribution >= 4 is 23.6 Å². The van der Waals surface area contributed by atoms with Crippen molar-refractivity contribution < 1.29 is 24.3 Å². The van der Waals surface area contributed by atoms with Crippen LogP contribution in [0.25, 0.3) is 0 Å². The van der Waals surface area contributed by atoms with Crippen LogP contribution in [0.4, 0.5) is 0 Å². The van der Waals surface area contributed by atoms with Crippen LogP contribution in [-0.4, -0.2) is 58.8 Å². The summed E-state index contributed by atoms with van der Waals surface area (Å²) in [5.41, 5.74) is 15.6. The number of benzene rings is 3. The monoisotopic (exact) mass is 599 g/mol. The molecular weight excluding hydrogens is 558 g/mol. The Labute approximate surface area is 258 Å². The van der Waals surface area contributed by atoms with E-state index in [1.807, 2.05) is 44.2 Å². The van der Waals surface area contributed by atoms with Gasteiger partial charge in [-0.2, -0.15) is 0 Å². The SMILES string of the molecule is C=C(C(N)=O)[C@@H](NC(=O)[C@H](Cc1ccccc1)NC(=O)[C@@H](C)N(C)C(=O)[C@@H](N)Cc1c(C)cc(O)cc1C)c1ccccc1. The molecule has 3 aromatic rings. The molecule has 3 rings (SSSR count). The summed E-state index contributed by atoms with van der Waals surface area (Å²) in [6.45, 7) is 8.99. The molecule has 0 saturated carbocycles. The number of amides is 4. The van der Waals surface area contributed by atoms with Gasteiger partial charge in [0, 0.05) is 19.0 Å². The van der Waals surface area contributed by atoms with Gasteiger partial charge in [-0.3, -0.25) is 19.2 Å². The molecule has 0 unspecified atom stereocenters. The summed E-state index contributed by atoms with van der Waals surface area (Å²) in [5, 5.41) is 15.4. The van der Waals surface area contributed by atoms with Crippen LogP contribution in [0.2, 0.25) is 0 Å². The highest BCUT2D eigenvalue weighted by Gasteiger charge is 2.32. The largest absolute Gasteiger partial charge is 0.508 e. The molecule has 0 fully saturated rings. The van der Waals surface area contributed by atoms with E-state index in [1.165, 1.54) is 11.9 Å². The van der Waals surface area contributed by atoms with Crippen LogP contribution in [0.15, 0.2) is 84.9 Å². The van der Waals surface area contributed by atoms with Crippen molar-refractivity contribution in [3.05, 3.63) is 113 Å². The molecule has 232 valence electrons. The third-order valence-electron chi connectivity index (χ3n) is 7.73. The van der Waals surface area contributed by atoms with E-state index < -0.39 is 47.8 Å². The Kier molecular flexibility index (Phi) is 11.4. The van der Waals surface area contributed by atoms with Gasteiger partial charge in [-0.25, -0.2) is 0 Å². The van der Waals surface area contributed by atoms with Crippen molar-refractivity contribution in [2.24, 2.45) is 11.5 Å². The van der Waals surface area contributed by atoms with Crippen LogP contribution in [0.5, 0.6) is 5.75 Å². The summed E-state index contributed by atoms with van der Waals surface area (Å²) in [6.07, 6.45) is 0.366. The zero-order valence-corrected chi connectivity index (χ0v) is 25.5. The molecule has 0 heterocycles. The van der Waals surface area contributed by atoms with Crippen molar-refractivity contribution in [3.63, 3.8) is 0 Å². The first kappa shape index (κ1) is 33.5. The number of carbonyl (C=O) groups is 4. The van der Waals surface area contributed by atoms with Gasteiger partial charge in [0.15, 0.2) is 0 Å². The fourth-order valence-corrected chi connectivity index (χ4v) is 4.98. The summed E-state index contributed by atoms with van der Waals surface area (Å²) in [4.78, 5) is 53.7. The van der Waals surface area contributed by atoms with Gasteiger partial charge in [0.2, 0.25) is 23.6 Å². The normalized spacial score (nSPS) is 13.6. The van der Waals surface area contributed by atoms with E-state index in [-0.39, 0.29) is 24.2 Å². The lowest BCUT2D eigenvalue weighted by Gasteiger charge is -2.29. The lowest BCUT2D eigenvalue weighted by molar-refractivity contribution is -0.140. The number of likely N-dealkylation sites (N-methyl/N-ethyl adjacent to an activating group) is 1. The van der Waals surface area contributed by atoms with E-state index in [4.69, 9.17) is 11.5 Å². The first-order chi connectivity index (χ1) is 20.8. The molecule has 0 saturated heterocycles. The predicted octanol–water partition coefficient (Wildman–Crippen LogP) is 2.35. The molecule has 3 aromatic carbocycles. The van der Waals surface area contributed by atoms with Crippen LogP contribution in [0, 0.1) is 13.8 Å². The van der Waals surface area contributed by atoms with Crippen LogP contribution >= 0.6 is 0 Å². The van der Waals surface area contributed by atoms with E-state index in [0.29, 0.717) is 5.56 Å². The number of carbonyl (C=O) groups excluding carboxylic acids is 4. The Morgan fingerprint density at radius 3 is 1.98 bits per heavy atom. The second kappa shape index (κ2) is 15.0. The molecule has 0 aliphatic carbocycles. The second-order valence-electron chi connectivity index (χ2n) is 11.0. The van der Waals surface area contributed by atoms with E-state index >= 15 is 0 Å². The van der Waals surface area contributed by atoms with Gasteiger partial charge in [-0.15, -0.1) is 0 Å². The topological polar surface area (TPSA) is 168 Å². The van der Waals surface area contributed by atoms with Gasteiger partial charge in [0.05, 0.1) is 12.1 Å². The highest BCUT2D eigenvalue weighted by molar-refractivity contribution is 5.96. The number of hydrogen-bond acceptors (Lipinski definition) is 6. The Morgan fingerprint density at radius 2 is 1.43 bits per heavy atom. The maximum absolute atomic E-state index is 13.7. The molecular formula is C34H41N5O5. The lowest BCUT2D eigenvalue weighted by Crippen LogP contribution is -2.56. The van der Waals surface area contributed by atoms with Gasteiger partial charge in [0.25, 0.3) is 0 Å². The lowest BCUT2D eigenvalue weighted by atomic mass is 9.95. The number of rotatable bonds is 13. The van der Waals surface area contributed by atoms with Crippen LogP contribution in [-0.2, 0) is 32.0 Å². The van der Waals surface area contributed by atoms with Crippen LogP contribution in [0.3, 0.4) is 0 Å². The molecule has 0 aromatic heterocycles. The summed E-state index contributed by atoms with van der Waals surface area (Å²) >= 11 is 0. The van der Waals surface area contributed by atoms with E-state index in [0.717, 1.165) is 22.3 Å². The van der Waals surface area contributed by atoms with Crippen LogP contribution < -0.4 is 22.1 Å². The van der Waals surface area contributed by atoms with Crippen molar-refractivity contribution in [1.29, 1.82) is 0 Å². The molecule has 4 atom stereocenters. The molecule has 44 heavy (non-hydrogen) atoms. The quantitative estimate of drug-likeness (QED) is 0.189.